The Bertz CT molecular complexity index is 1510. The second-order valence-corrected chi connectivity index (χ2v) is 8.60. The summed E-state index contributed by atoms with van der Waals surface area (Å²) >= 11 is 11.9. The van der Waals surface area contributed by atoms with Crippen LogP contribution in [-0.4, -0.2) is 23.9 Å². The number of benzene rings is 3. The minimum absolute atomic E-state index is 0.164. The zero-order chi connectivity index (χ0) is 23.7. The summed E-state index contributed by atoms with van der Waals surface area (Å²) in [5, 5.41) is 5.38. The standard InChI is InChI=1S/C25H21ClFN5OS/c1-30-22-5-3-2-4-21(22)28-23(30)14-15-31-25(34)32(19-10-6-17(26)7-11-19)24(29-31)16-33-20-12-8-18(27)9-13-20/h2-13H,14-16H2,1H3. The van der Waals surface area contributed by atoms with Crippen molar-refractivity contribution < 1.29 is 9.13 Å². The van der Waals surface area contributed by atoms with E-state index in [1.807, 2.05) is 41.9 Å². The Morgan fingerprint density at radius 2 is 1.71 bits per heavy atom. The zero-order valence-electron chi connectivity index (χ0n) is 18.4. The maximum absolute atomic E-state index is 13.2. The molecule has 0 atom stereocenters. The molecule has 0 fully saturated rings. The third-order valence-electron chi connectivity index (χ3n) is 5.60. The highest BCUT2D eigenvalue weighted by molar-refractivity contribution is 7.71. The summed E-state index contributed by atoms with van der Waals surface area (Å²) in [4.78, 5) is 4.75. The highest BCUT2D eigenvalue weighted by Crippen LogP contribution is 2.20. The number of nitrogens with zero attached hydrogens (tertiary/aromatic N) is 5. The van der Waals surface area contributed by atoms with Gasteiger partial charge in [-0.1, -0.05) is 23.7 Å². The number of para-hydroxylation sites is 2. The lowest BCUT2D eigenvalue weighted by Gasteiger charge is -2.08. The highest BCUT2D eigenvalue weighted by atomic mass is 35.5. The van der Waals surface area contributed by atoms with E-state index in [0.29, 0.717) is 34.3 Å². The fourth-order valence-electron chi connectivity index (χ4n) is 3.84. The molecular weight excluding hydrogens is 473 g/mol. The third kappa shape index (κ3) is 4.47. The molecule has 5 rings (SSSR count). The molecule has 6 nitrogen and oxygen atoms in total. The first-order chi connectivity index (χ1) is 16.5. The van der Waals surface area contributed by atoms with E-state index in [2.05, 4.69) is 10.6 Å². The number of fused-ring (bicyclic) bond motifs is 1. The average Bonchev–Trinajstić information content (AvgIpc) is 3.34. The molecule has 172 valence electrons. The molecule has 2 aromatic heterocycles. The number of ether oxygens (including phenoxy) is 1. The molecule has 0 aliphatic rings. The van der Waals surface area contributed by atoms with Crippen LogP contribution in [0.15, 0.2) is 72.8 Å². The summed E-state index contributed by atoms with van der Waals surface area (Å²) in [5.41, 5.74) is 2.88. The zero-order valence-corrected chi connectivity index (χ0v) is 19.9. The Morgan fingerprint density at radius 1 is 0.971 bits per heavy atom. The van der Waals surface area contributed by atoms with E-state index >= 15 is 0 Å². The van der Waals surface area contributed by atoms with Gasteiger partial charge in [0.2, 0.25) is 4.77 Å². The molecule has 9 heteroatoms. The van der Waals surface area contributed by atoms with Crippen LogP contribution in [0.3, 0.4) is 0 Å². The molecule has 2 heterocycles. The minimum atomic E-state index is -0.317. The Kier molecular flexibility index (Phi) is 6.17. The second kappa shape index (κ2) is 9.40. The van der Waals surface area contributed by atoms with Crippen molar-refractivity contribution >= 4 is 34.9 Å². The normalized spacial score (nSPS) is 11.3. The summed E-state index contributed by atoms with van der Waals surface area (Å²) in [7, 11) is 2.01. The molecule has 5 aromatic rings. The van der Waals surface area contributed by atoms with Crippen molar-refractivity contribution in [2.24, 2.45) is 7.05 Å². The Labute approximate surface area is 205 Å². The summed E-state index contributed by atoms with van der Waals surface area (Å²) < 4.78 is 25.4. The molecule has 0 saturated carbocycles. The van der Waals surface area contributed by atoms with E-state index in [1.54, 1.807) is 28.9 Å². The van der Waals surface area contributed by atoms with Gasteiger partial charge in [-0.25, -0.2) is 14.1 Å². The van der Waals surface area contributed by atoms with Gasteiger partial charge in [0.05, 0.1) is 17.6 Å². The van der Waals surface area contributed by atoms with Crippen LogP contribution < -0.4 is 4.74 Å². The predicted molar refractivity (Wildman–Crippen MR) is 133 cm³/mol. The molecular formula is C25H21ClFN5OS. The van der Waals surface area contributed by atoms with E-state index in [1.165, 1.54) is 12.1 Å². The van der Waals surface area contributed by atoms with Crippen LogP contribution in [0.5, 0.6) is 5.75 Å². The molecule has 34 heavy (non-hydrogen) atoms. The van der Waals surface area contributed by atoms with Gasteiger partial charge >= 0.3 is 0 Å². The number of rotatable bonds is 7. The fourth-order valence-corrected chi connectivity index (χ4v) is 4.31. The Morgan fingerprint density at radius 3 is 2.44 bits per heavy atom. The maximum Gasteiger partial charge on any atom is 0.202 e. The lowest BCUT2D eigenvalue weighted by Crippen LogP contribution is -2.08. The van der Waals surface area contributed by atoms with E-state index in [-0.39, 0.29) is 12.4 Å². The Hall–Kier alpha value is -3.49. The first kappa shape index (κ1) is 22.3. The van der Waals surface area contributed by atoms with Crippen LogP contribution in [0.2, 0.25) is 5.02 Å². The van der Waals surface area contributed by atoms with Crippen molar-refractivity contribution in [3.8, 4) is 11.4 Å². The molecule has 0 aliphatic heterocycles. The third-order valence-corrected chi connectivity index (χ3v) is 6.25. The number of hydrogen-bond donors (Lipinski definition) is 0. The van der Waals surface area contributed by atoms with Crippen molar-refractivity contribution in [1.29, 1.82) is 0 Å². The van der Waals surface area contributed by atoms with E-state index in [4.69, 9.17) is 38.6 Å². The van der Waals surface area contributed by atoms with Gasteiger partial charge in [0, 0.05) is 24.2 Å². The van der Waals surface area contributed by atoms with Crippen LogP contribution in [0.25, 0.3) is 16.7 Å². The first-order valence-electron chi connectivity index (χ1n) is 10.7. The number of imidazole rings is 1. The molecule has 0 amide bonds. The minimum Gasteiger partial charge on any atom is -0.486 e. The number of aryl methyl sites for hydroxylation is 3. The van der Waals surface area contributed by atoms with Crippen molar-refractivity contribution in [1.82, 2.24) is 23.9 Å². The van der Waals surface area contributed by atoms with Gasteiger partial charge in [-0.3, -0.25) is 4.57 Å². The molecule has 0 spiro atoms. The molecule has 0 unspecified atom stereocenters. The lowest BCUT2D eigenvalue weighted by molar-refractivity contribution is 0.291. The SMILES string of the molecule is Cn1c(CCn2nc(COc3ccc(F)cc3)n(-c3ccc(Cl)cc3)c2=S)nc2ccccc21. The fraction of sp³-hybridized carbons (Fsp3) is 0.160. The monoisotopic (exact) mass is 493 g/mol. The number of halogens is 2. The number of aromatic nitrogens is 5. The van der Waals surface area contributed by atoms with Gasteiger partial charge < -0.3 is 9.30 Å². The predicted octanol–water partition coefficient (Wildman–Crippen LogP) is 5.90. The van der Waals surface area contributed by atoms with Crippen LogP contribution in [0.1, 0.15) is 11.6 Å². The lowest BCUT2D eigenvalue weighted by atomic mass is 10.3. The van der Waals surface area contributed by atoms with Gasteiger partial charge in [-0.15, -0.1) is 0 Å². The molecule has 0 radical (unpaired) electrons. The van der Waals surface area contributed by atoms with Gasteiger partial charge in [-0.05, 0) is 72.9 Å². The van der Waals surface area contributed by atoms with E-state index < -0.39 is 0 Å². The van der Waals surface area contributed by atoms with Crippen LogP contribution in [0, 0.1) is 10.6 Å². The van der Waals surface area contributed by atoms with E-state index in [0.717, 1.165) is 22.5 Å². The Balaban J connectivity index is 1.45. The summed E-state index contributed by atoms with van der Waals surface area (Å²) in [5.74, 6) is 1.81. The average molecular weight is 494 g/mol. The van der Waals surface area contributed by atoms with E-state index in [9.17, 15) is 4.39 Å². The molecule has 0 bridgehead atoms. The topological polar surface area (TPSA) is 49.8 Å². The molecule has 0 saturated heterocycles. The van der Waals surface area contributed by atoms with Crippen molar-refractivity contribution in [3.05, 3.63) is 100 Å². The molecule has 0 aliphatic carbocycles. The quantitative estimate of drug-likeness (QED) is 0.265. The van der Waals surface area contributed by atoms with Crippen LogP contribution in [0.4, 0.5) is 4.39 Å². The highest BCUT2D eigenvalue weighted by Gasteiger charge is 2.15. The largest absolute Gasteiger partial charge is 0.486 e. The van der Waals surface area contributed by atoms with Gasteiger partial charge in [0.1, 0.15) is 24.0 Å². The van der Waals surface area contributed by atoms with Crippen LogP contribution in [-0.2, 0) is 26.6 Å². The summed E-state index contributed by atoms with van der Waals surface area (Å²) in [6.45, 7) is 0.720. The summed E-state index contributed by atoms with van der Waals surface area (Å²) in [6.07, 6.45) is 0.662. The molecule has 0 N–H and O–H groups in total. The summed E-state index contributed by atoms with van der Waals surface area (Å²) in [6, 6.07) is 21.3. The van der Waals surface area contributed by atoms with Gasteiger partial charge in [0.25, 0.3) is 0 Å². The van der Waals surface area contributed by atoms with Crippen molar-refractivity contribution in [2.75, 3.05) is 0 Å². The first-order valence-corrected chi connectivity index (χ1v) is 11.5. The van der Waals surface area contributed by atoms with Crippen molar-refractivity contribution in [3.63, 3.8) is 0 Å². The van der Waals surface area contributed by atoms with Crippen molar-refractivity contribution in [2.45, 2.75) is 19.6 Å². The second-order valence-electron chi connectivity index (χ2n) is 7.80. The van der Waals surface area contributed by atoms with Gasteiger partial charge in [-0.2, -0.15) is 5.10 Å². The van der Waals surface area contributed by atoms with Crippen LogP contribution >= 0.6 is 23.8 Å². The van der Waals surface area contributed by atoms with Gasteiger partial charge in [0.15, 0.2) is 5.82 Å². The maximum atomic E-state index is 13.2. The number of hydrogen-bond acceptors (Lipinski definition) is 4. The molecule has 3 aromatic carbocycles. The smallest absolute Gasteiger partial charge is 0.202 e.